The van der Waals surface area contributed by atoms with Crippen LogP contribution in [0.5, 0.6) is 0 Å². The fraction of sp³-hybridized carbons (Fsp3) is 0.133. The molecular weight excluding hydrogens is 416 g/mol. The van der Waals surface area contributed by atoms with E-state index in [9.17, 15) is 0 Å². The highest BCUT2D eigenvalue weighted by Crippen LogP contribution is 2.35. The lowest BCUT2D eigenvalue weighted by Gasteiger charge is -2.37. The Morgan fingerprint density at radius 3 is 2.06 bits per heavy atom. The van der Waals surface area contributed by atoms with Gasteiger partial charge in [0.15, 0.2) is 0 Å². The topological polar surface area (TPSA) is 77.0 Å². The summed E-state index contributed by atoms with van der Waals surface area (Å²) in [5.74, 6) is 0. The second-order valence-corrected chi connectivity index (χ2v) is 8.59. The molecule has 3 aromatic carbocycles. The van der Waals surface area contributed by atoms with Crippen LogP contribution in [0.4, 0.5) is 11.4 Å². The van der Waals surface area contributed by atoms with Crippen LogP contribution in [0.3, 0.4) is 0 Å². The first-order chi connectivity index (χ1) is 16.4. The van der Waals surface area contributed by atoms with Crippen molar-refractivity contribution in [3.8, 4) is 0 Å². The number of rotatable bonds is 3. The third kappa shape index (κ3) is 5.07. The van der Waals surface area contributed by atoms with Crippen LogP contribution in [-0.4, -0.2) is 17.5 Å². The van der Waals surface area contributed by atoms with Crippen molar-refractivity contribution in [2.24, 2.45) is 0 Å². The van der Waals surface area contributed by atoms with E-state index in [0.29, 0.717) is 0 Å². The second-order valence-electron chi connectivity index (χ2n) is 8.59. The van der Waals surface area contributed by atoms with Gasteiger partial charge in [-0.05, 0) is 50.6 Å². The zero-order valence-corrected chi connectivity index (χ0v) is 19.6. The van der Waals surface area contributed by atoms with Crippen molar-refractivity contribution in [3.05, 3.63) is 125 Å². The Hall–Kier alpha value is -4.18. The molecule has 0 spiro atoms. The molecule has 0 radical (unpaired) electrons. The van der Waals surface area contributed by atoms with Gasteiger partial charge in [0.25, 0.3) is 0 Å². The zero-order valence-electron chi connectivity index (χ0n) is 19.6. The minimum atomic E-state index is 0.177. The molecule has 170 valence electrons. The highest BCUT2D eigenvalue weighted by Gasteiger charge is 2.28. The van der Waals surface area contributed by atoms with Gasteiger partial charge in [-0.2, -0.15) is 0 Å². The molecule has 0 saturated carbocycles. The number of nitrogens with two attached hydrogens (primary N) is 1. The Labute approximate surface area is 201 Å². The van der Waals surface area contributed by atoms with Gasteiger partial charge in [0, 0.05) is 22.5 Å². The van der Waals surface area contributed by atoms with Crippen molar-refractivity contribution in [1.82, 2.24) is 0 Å². The maximum absolute atomic E-state index is 8.33. The number of allylic oxidation sites excluding steroid dienone is 3. The number of nitrogens with zero attached hydrogens (tertiary/aromatic N) is 1. The van der Waals surface area contributed by atoms with Crippen LogP contribution in [0.1, 0.15) is 30.0 Å². The van der Waals surface area contributed by atoms with Crippen LogP contribution < -0.4 is 10.6 Å². The average molecular weight is 447 g/mol. The average Bonchev–Trinajstić information content (AvgIpc) is 2.85. The number of para-hydroxylation sites is 1. The first kappa shape index (κ1) is 23.0. The minimum absolute atomic E-state index is 0.177. The van der Waals surface area contributed by atoms with E-state index in [0.717, 1.165) is 34.6 Å². The Kier molecular flexibility index (Phi) is 6.88. The largest absolute Gasteiger partial charge is 0.399 e. The lowest BCUT2D eigenvalue weighted by atomic mass is 9.89. The molecule has 0 saturated heterocycles. The van der Waals surface area contributed by atoms with Gasteiger partial charge in [0.1, 0.15) is 0 Å². The first-order valence-electron chi connectivity index (χ1n) is 11.4. The summed E-state index contributed by atoms with van der Waals surface area (Å²) in [6.45, 7) is 4.21. The van der Waals surface area contributed by atoms with Crippen LogP contribution in [-0.2, 0) is 0 Å². The van der Waals surface area contributed by atoms with Crippen molar-refractivity contribution >= 4 is 28.5 Å². The summed E-state index contributed by atoms with van der Waals surface area (Å²) in [4.78, 5) is 2.30. The maximum Gasteiger partial charge on any atom is 0.0869 e. The van der Waals surface area contributed by atoms with Crippen LogP contribution in [0, 0.1) is 17.7 Å². The molecule has 0 aromatic heterocycles. The molecule has 0 bridgehead atoms. The molecule has 4 N–H and O–H groups in total. The van der Waals surface area contributed by atoms with Crippen LogP contribution in [0.2, 0.25) is 0 Å². The summed E-state index contributed by atoms with van der Waals surface area (Å²) < 4.78 is 0. The fourth-order valence-corrected chi connectivity index (χ4v) is 4.13. The highest BCUT2D eigenvalue weighted by atomic mass is 15.2. The predicted octanol–water partition coefficient (Wildman–Crippen LogP) is 6.79. The minimum Gasteiger partial charge on any atom is -0.399 e. The SMILES string of the molecule is CC1=CCC(N(C2=CC(=N)C(=N)c3ccccc32)c2ccc(C)cc2)C=C1.Nc1ccccc1. The lowest BCUT2D eigenvalue weighted by Crippen LogP contribution is -2.36. The molecule has 1 unspecified atom stereocenters. The van der Waals surface area contributed by atoms with E-state index in [1.54, 1.807) is 0 Å². The van der Waals surface area contributed by atoms with Crippen LogP contribution >= 0.6 is 0 Å². The summed E-state index contributed by atoms with van der Waals surface area (Å²) >= 11 is 0. The Morgan fingerprint density at radius 1 is 0.824 bits per heavy atom. The van der Waals surface area contributed by atoms with Gasteiger partial charge >= 0.3 is 0 Å². The van der Waals surface area contributed by atoms with E-state index in [1.807, 2.05) is 54.6 Å². The lowest BCUT2D eigenvalue weighted by molar-refractivity contribution is 0.783. The smallest absolute Gasteiger partial charge is 0.0869 e. The molecule has 3 aromatic rings. The van der Waals surface area contributed by atoms with E-state index >= 15 is 0 Å². The highest BCUT2D eigenvalue weighted by molar-refractivity contribution is 6.53. The summed E-state index contributed by atoms with van der Waals surface area (Å²) in [6, 6.07) is 26.1. The van der Waals surface area contributed by atoms with E-state index in [-0.39, 0.29) is 17.5 Å². The van der Waals surface area contributed by atoms with E-state index in [1.165, 1.54) is 11.1 Å². The Morgan fingerprint density at radius 2 is 1.47 bits per heavy atom. The number of benzene rings is 3. The molecule has 0 heterocycles. The number of nitrogen functional groups attached to an aromatic ring is 1. The van der Waals surface area contributed by atoms with Gasteiger partial charge in [-0.15, -0.1) is 0 Å². The molecule has 1 atom stereocenters. The van der Waals surface area contributed by atoms with E-state index in [2.05, 4.69) is 67.3 Å². The van der Waals surface area contributed by atoms with Crippen molar-refractivity contribution in [3.63, 3.8) is 0 Å². The Balaban J connectivity index is 0.000000336. The molecule has 0 fully saturated rings. The third-order valence-corrected chi connectivity index (χ3v) is 5.99. The molecular formula is C30H30N4. The third-order valence-electron chi connectivity index (χ3n) is 5.99. The van der Waals surface area contributed by atoms with E-state index in [4.69, 9.17) is 16.6 Å². The number of aryl methyl sites for hydroxylation is 1. The zero-order chi connectivity index (χ0) is 24.1. The van der Waals surface area contributed by atoms with Crippen molar-refractivity contribution in [2.45, 2.75) is 26.3 Å². The molecule has 2 aliphatic rings. The molecule has 0 aliphatic heterocycles. The van der Waals surface area contributed by atoms with E-state index < -0.39 is 0 Å². The molecule has 4 heteroatoms. The van der Waals surface area contributed by atoms with Crippen molar-refractivity contribution in [2.75, 3.05) is 10.6 Å². The van der Waals surface area contributed by atoms with Gasteiger partial charge in [0.2, 0.25) is 0 Å². The molecule has 2 aliphatic carbocycles. The summed E-state index contributed by atoms with van der Waals surface area (Å²) in [7, 11) is 0. The molecule has 5 rings (SSSR count). The molecule has 34 heavy (non-hydrogen) atoms. The predicted molar refractivity (Wildman–Crippen MR) is 145 cm³/mol. The van der Waals surface area contributed by atoms with Gasteiger partial charge in [-0.1, -0.05) is 84.0 Å². The van der Waals surface area contributed by atoms with Gasteiger partial charge in [0.05, 0.1) is 23.2 Å². The number of fused-ring (bicyclic) bond motifs is 1. The second kappa shape index (κ2) is 10.2. The monoisotopic (exact) mass is 446 g/mol. The fourth-order valence-electron chi connectivity index (χ4n) is 4.13. The van der Waals surface area contributed by atoms with Crippen LogP contribution in [0.25, 0.3) is 5.70 Å². The summed E-state index contributed by atoms with van der Waals surface area (Å²) in [6.07, 6.45) is 9.42. The molecule has 0 amide bonds. The van der Waals surface area contributed by atoms with Gasteiger partial charge in [-0.3, -0.25) is 10.8 Å². The number of nitrogens with one attached hydrogen (secondary N) is 2. The molecule has 4 nitrogen and oxygen atoms in total. The first-order valence-corrected chi connectivity index (χ1v) is 11.4. The standard InChI is InChI=1S/C24H23N3.C6H7N/c1-16-7-11-18(12-8-16)27(19-13-9-17(2)10-14-19)23-15-22(25)24(26)21-6-4-3-5-20(21)23;7-6-4-2-1-3-5-6/h3-13,15,19,25-26H,14H2,1-2H3;1-5H,7H2. The number of anilines is 2. The van der Waals surface area contributed by atoms with Crippen molar-refractivity contribution < 1.29 is 0 Å². The normalized spacial score (nSPS) is 16.6. The van der Waals surface area contributed by atoms with Crippen LogP contribution in [0.15, 0.2) is 109 Å². The van der Waals surface area contributed by atoms with Gasteiger partial charge in [-0.25, -0.2) is 0 Å². The number of hydrogen-bond acceptors (Lipinski definition) is 4. The summed E-state index contributed by atoms with van der Waals surface area (Å²) in [5.41, 5.74) is 13.1. The maximum atomic E-state index is 8.33. The van der Waals surface area contributed by atoms with Crippen molar-refractivity contribution in [1.29, 1.82) is 10.8 Å². The summed E-state index contributed by atoms with van der Waals surface area (Å²) in [5, 5.41) is 16.6. The Bertz CT molecular complexity index is 1280. The quantitative estimate of drug-likeness (QED) is 0.388. The number of hydrogen-bond donors (Lipinski definition) is 3. The van der Waals surface area contributed by atoms with Gasteiger partial charge < -0.3 is 10.6 Å².